The van der Waals surface area contributed by atoms with E-state index in [2.05, 4.69) is 32.1 Å². The zero-order valence-corrected chi connectivity index (χ0v) is 13.9. The Labute approximate surface area is 136 Å². The molecule has 2 rings (SSSR count). The third kappa shape index (κ3) is 3.11. The summed E-state index contributed by atoms with van der Waals surface area (Å²) in [6.45, 7) is 0. The predicted octanol–water partition coefficient (Wildman–Crippen LogP) is 5.62. The smallest absolute Gasteiger partial charge is 0.154 e. The fourth-order valence-electron chi connectivity index (χ4n) is 1.49. The SMILES string of the molecule is Oc1ccc(Cl)cc1N(Br)c1cc(Cl)cc(Br)c1O. The summed E-state index contributed by atoms with van der Waals surface area (Å²) in [4.78, 5) is 0. The van der Waals surface area contributed by atoms with Crippen LogP contribution in [0.5, 0.6) is 11.5 Å². The van der Waals surface area contributed by atoms with E-state index in [1.165, 1.54) is 9.99 Å². The highest BCUT2D eigenvalue weighted by Crippen LogP contribution is 2.45. The largest absolute Gasteiger partial charge is 0.506 e. The Morgan fingerprint density at radius 3 is 2.26 bits per heavy atom. The molecular weight excluding hydrogens is 421 g/mol. The summed E-state index contributed by atoms with van der Waals surface area (Å²) in [6.07, 6.45) is 0. The molecule has 0 atom stereocenters. The summed E-state index contributed by atoms with van der Waals surface area (Å²) in [5.74, 6) is -0.00239. The maximum atomic E-state index is 10.0. The lowest BCUT2D eigenvalue weighted by molar-refractivity contribution is 0.471. The number of anilines is 2. The van der Waals surface area contributed by atoms with Gasteiger partial charge in [0.05, 0.1) is 32.0 Å². The van der Waals surface area contributed by atoms with Crippen LogP contribution in [0.3, 0.4) is 0 Å². The molecule has 0 aromatic heterocycles. The summed E-state index contributed by atoms with van der Waals surface area (Å²) >= 11 is 18.3. The molecule has 0 bridgehead atoms. The van der Waals surface area contributed by atoms with Gasteiger partial charge in [-0.05, 0) is 46.3 Å². The first-order chi connectivity index (χ1) is 8.90. The Kier molecular flexibility index (Phi) is 4.50. The molecule has 2 N–H and O–H groups in total. The van der Waals surface area contributed by atoms with E-state index in [1.54, 1.807) is 24.3 Å². The van der Waals surface area contributed by atoms with Gasteiger partial charge in [-0.1, -0.05) is 23.2 Å². The third-order valence-corrected chi connectivity index (χ3v) is 4.19. The zero-order chi connectivity index (χ0) is 14.2. The molecule has 0 spiro atoms. The summed E-state index contributed by atoms with van der Waals surface area (Å²) in [5, 5.41) is 20.8. The van der Waals surface area contributed by atoms with Crippen LogP contribution in [-0.4, -0.2) is 10.2 Å². The molecule has 2 aromatic carbocycles. The minimum atomic E-state index is -0.0133. The molecule has 0 saturated heterocycles. The van der Waals surface area contributed by atoms with Crippen molar-refractivity contribution in [3.05, 3.63) is 44.8 Å². The molecule has 0 radical (unpaired) electrons. The standard InChI is InChI=1S/C12H7Br2Cl2NO2/c13-8-3-7(16)5-10(12(8)19)17(14)9-4-6(15)1-2-11(9)18/h1-5,18-19H. The van der Waals surface area contributed by atoms with E-state index in [1.807, 2.05) is 0 Å². The second-order valence-corrected chi connectivity index (χ2v) is 6.11. The average molecular weight is 428 g/mol. The van der Waals surface area contributed by atoms with Crippen LogP contribution in [0.4, 0.5) is 11.4 Å². The van der Waals surface area contributed by atoms with Gasteiger partial charge < -0.3 is 10.2 Å². The van der Waals surface area contributed by atoms with E-state index in [0.717, 1.165) is 0 Å². The van der Waals surface area contributed by atoms with E-state index in [0.29, 0.717) is 25.9 Å². The fraction of sp³-hybridized carbons (Fsp3) is 0. The highest BCUT2D eigenvalue weighted by Gasteiger charge is 2.17. The number of aromatic hydroxyl groups is 2. The Morgan fingerprint density at radius 1 is 0.947 bits per heavy atom. The van der Waals surface area contributed by atoms with Crippen LogP contribution < -0.4 is 3.93 Å². The summed E-state index contributed by atoms with van der Waals surface area (Å²) in [6, 6.07) is 7.70. The summed E-state index contributed by atoms with van der Waals surface area (Å²) in [5.41, 5.74) is 0.758. The Balaban J connectivity index is 2.55. The van der Waals surface area contributed by atoms with Crippen molar-refractivity contribution in [2.75, 3.05) is 3.93 Å². The van der Waals surface area contributed by atoms with Crippen molar-refractivity contribution in [3.63, 3.8) is 0 Å². The van der Waals surface area contributed by atoms with Crippen molar-refractivity contribution >= 4 is 66.7 Å². The van der Waals surface area contributed by atoms with Crippen LogP contribution in [0.1, 0.15) is 0 Å². The van der Waals surface area contributed by atoms with E-state index in [-0.39, 0.29) is 11.5 Å². The van der Waals surface area contributed by atoms with Crippen molar-refractivity contribution in [2.45, 2.75) is 0 Å². The van der Waals surface area contributed by atoms with Crippen LogP contribution in [0.2, 0.25) is 10.0 Å². The van der Waals surface area contributed by atoms with Gasteiger partial charge in [0.15, 0.2) is 5.75 Å². The lowest BCUT2D eigenvalue weighted by atomic mass is 10.2. The lowest BCUT2D eigenvalue weighted by Gasteiger charge is -2.20. The normalized spacial score (nSPS) is 10.5. The molecule has 0 heterocycles. The molecule has 0 aliphatic rings. The quantitative estimate of drug-likeness (QED) is 0.612. The van der Waals surface area contributed by atoms with Crippen LogP contribution in [0, 0.1) is 0 Å². The second-order valence-electron chi connectivity index (χ2n) is 3.67. The molecule has 0 amide bonds. The molecule has 100 valence electrons. The molecule has 0 aliphatic carbocycles. The van der Waals surface area contributed by atoms with Gasteiger partial charge in [-0.25, -0.2) is 0 Å². The third-order valence-electron chi connectivity index (χ3n) is 2.37. The van der Waals surface area contributed by atoms with Gasteiger partial charge >= 0.3 is 0 Å². The maximum absolute atomic E-state index is 10.0. The molecule has 19 heavy (non-hydrogen) atoms. The molecular formula is C12H7Br2Cl2NO2. The van der Waals surface area contributed by atoms with Crippen molar-refractivity contribution in [1.29, 1.82) is 0 Å². The minimum Gasteiger partial charge on any atom is -0.506 e. The van der Waals surface area contributed by atoms with Crippen LogP contribution in [0.25, 0.3) is 0 Å². The number of phenolic OH excluding ortho intramolecular Hbond substituents is 2. The van der Waals surface area contributed by atoms with Crippen molar-refractivity contribution in [2.24, 2.45) is 0 Å². The first-order valence-corrected chi connectivity index (χ1v) is 7.28. The molecule has 0 saturated carbocycles. The summed E-state index contributed by atoms with van der Waals surface area (Å²) < 4.78 is 1.86. The van der Waals surface area contributed by atoms with Gasteiger partial charge in [-0.3, -0.25) is 3.93 Å². The molecule has 7 heteroatoms. The Morgan fingerprint density at radius 2 is 1.58 bits per heavy atom. The van der Waals surface area contributed by atoms with Crippen molar-refractivity contribution in [3.8, 4) is 11.5 Å². The number of halogens is 4. The zero-order valence-electron chi connectivity index (χ0n) is 9.24. The maximum Gasteiger partial charge on any atom is 0.154 e. The average Bonchev–Trinajstić information content (AvgIpc) is 2.36. The van der Waals surface area contributed by atoms with Crippen LogP contribution >= 0.6 is 55.3 Å². The molecule has 0 unspecified atom stereocenters. The highest BCUT2D eigenvalue weighted by molar-refractivity contribution is 9.10. The predicted molar refractivity (Wildman–Crippen MR) is 85.0 cm³/mol. The van der Waals surface area contributed by atoms with E-state index >= 15 is 0 Å². The van der Waals surface area contributed by atoms with Gasteiger partial charge in [0, 0.05) is 10.0 Å². The number of hydrogen-bond donors (Lipinski definition) is 2. The van der Waals surface area contributed by atoms with E-state index in [4.69, 9.17) is 23.2 Å². The van der Waals surface area contributed by atoms with Crippen LogP contribution in [0.15, 0.2) is 34.8 Å². The van der Waals surface area contributed by atoms with Gasteiger partial charge in [0.2, 0.25) is 0 Å². The number of benzene rings is 2. The Bertz CT molecular complexity index is 637. The summed E-state index contributed by atoms with van der Waals surface area (Å²) in [7, 11) is 0. The number of hydrogen-bond acceptors (Lipinski definition) is 3. The monoisotopic (exact) mass is 425 g/mol. The highest BCUT2D eigenvalue weighted by atomic mass is 79.9. The first-order valence-electron chi connectivity index (χ1n) is 5.02. The number of phenols is 2. The van der Waals surface area contributed by atoms with E-state index in [9.17, 15) is 10.2 Å². The van der Waals surface area contributed by atoms with Crippen molar-refractivity contribution < 1.29 is 10.2 Å². The van der Waals surface area contributed by atoms with Crippen molar-refractivity contribution in [1.82, 2.24) is 0 Å². The molecule has 0 aliphatic heterocycles. The van der Waals surface area contributed by atoms with Gasteiger partial charge in [0.1, 0.15) is 5.75 Å². The molecule has 0 fully saturated rings. The second kappa shape index (κ2) is 5.79. The fourth-order valence-corrected chi connectivity index (χ4v) is 3.00. The number of rotatable bonds is 2. The number of nitrogens with zero attached hydrogens (tertiary/aromatic N) is 1. The first kappa shape index (κ1) is 14.8. The van der Waals surface area contributed by atoms with Gasteiger partial charge in [-0.2, -0.15) is 0 Å². The van der Waals surface area contributed by atoms with E-state index < -0.39 is 0 Å². The lowest BCUT2D eigenvalue weighted by Crippen LogP contribution is -2.02. The topological polar surface area (TPSA) is 43.7 Å². The van der Waals surface area contributed by atoms with Gasteiger partial charge in [-0.15, -0.1) is 0 Å². The Hall–Kier alpha value is -0.620. The molecule has 2 aromatic rings. The molecule has 3 nitrogen and oxygen atoms in total. The van der Waals surface area contributed by atoms with Gasteiger partial charge in [0.25, 0.3) is 0 Å². The minimum absolute atomic E-state index is 0.0109. The van der Waals surface area contributed by atoms with Crippen LogP contribution in [-0.2, 0) is 0 Å².